The fraction of sp³-hybridized carbons (Fsp3) is 0.167. The van der Waals surface area contributed by atoms with Gasteiger partial charge in [0.15, 0.2) is 11.4 Å². The van der Waals surface area contributed by atoms with Crippen LogP contribution in [0.2, 0.25) is 5.02 Å². The van der Waals surface area contributed by atoms with Gasteiger partial charge in [0.2, 0.25) is 5.95 Å². The molecule has 0 unspecified atom stereocenters. The molecule has 0 bridgehead atoms. The van der Waals surface area contributed by atoms with E-state index in [0.717, 1.165) is 23.4 Å². The molecule has 7 nitrogen and oxygen atoms in total. The van der Waals surface area contributed by atoms with Crippen molar-refractivity contribution < 1.29 is 9.59 Å². The van der Waals surface area contributed by atoms with Gasteiger partial charge in [0, 0.05) is 34.8 Å². The van der Waals surface area contributed by atoms with Crippen molar-refractivity contribution in [1.82, 2.24) is 19.5 Å². The second-order valence-electron chi connectivity index (χ2n) is 7.70. The quantitative estimate of drug-likeness (QED) is 0.496. The molecule has 4 aromatic rings. The number of piperidine rings is 1. The van der Waals surface area contributed by atoms with Gasteiger partial charge in [-0.15, -0.1) is 5.10 Å². The number of rotatable bonds is 4. The van der Waals surface area contributed by atoms with Crippen LogP contribution in [0.4, 0.5) is 11.6 Å². The van der Waals surface area contributed by atoms with Gasteiger partial charge in [-0.05, 0) is 55.0 Å². The van der Waals surface area contributed by atoms with Crippen molar-refractivity contribution in [2.75, 3.05) is 18.4 Å². The number of carbonyl (C=O) groups is 2. The smallest absolute Gasteiger partial charge is 0.254 e. The maximum absolute atomic E-state index is 12.6. The molecule has 5 rings (SSSR count). The lowest BCUT2D eigenvalue weighted by Gasteiger charge is -2.25. The molecular weight excluding hydrogens is 426 g/mol. The Hall–Kier alpha value is -3.71. The summed E-state index contributed by atoms with van der Waals surface area (Å²) in [5.74, 6) is 0.430. The SMILES string of the molecule is O=C1CCCN(C(=O)c2ccc(Nc3nc4cccc(-c5cccc(Cl)c5)n4n3)cc2)C1. The van der Waals surface area contributed by atoms with Gasteiger partial charge in [-0.3, -0.25) is 9.59 Å². The van der Waals surface area contributed by atoms with Crippen molar-refractivity contribution in [1.29, 1.82) is 0 Å². The van der Waals surface area contributed by atoms with Crippen molar-refractivity contribution in [2.24, 2.45) is 0 Å². The van der Waals surface area contributed by atoms with Gasteiger partial charge in [-0.25, -0.2) is 4.52 Å². The van der Waals surface area contributed by atoms with Gasteiger partial charge in [0.05, 0.1) is 12.2 Å². The second-order valence-corrected chi connectivity index (χ2v) is 8.13. The largest absolute Gasteiger partial charge is 0.331 e. The Balaban J connectivity index is 1.36. The first kappa shape index (κ1) is 20.2. The third-order valence-electron chi connectivity index (χ3n) is 5.41. The molecule has 2 aromatic carbocycles. The van der Waals surface area contributed by atoms with Gasteiger partial charge in [-0.2, -0.15) is 4.98 Å². The van der Waals surface area contributed by atoms with Crippen LogP contribution >= 0.6 is 11.6 Å². The third-order valence-corrected chi connectivity index (χ3v) is 5.64. The van der Waals surface area contributed by atoms with Crippen LogP contribution in [0.5, 0.6) is 0 Å². The molecule has 0 aliphatic carbocycles. The van der Waals surface area contributed by atoms with E-state index < -0.39 is 0 Å². The molecule has 0 radical (unpaired) electrons. The average Bonchev–Trinajstić information content (AvgIpc) is 3.21. The molecule has 2 aromatic heterocycles. The molecule has 8 heteroatoms. The van der Waals surface area contributed by atoms with E-state index in [1.807, 2.05) is 54.6 Å². The Kier molecular flexibility index (Phi) is 5.33. The third kappa shape index (κ3) is 4.07. The standard InChI is InChI=1S/C24H20ClN5O2/c25-18-5-1-4-17(14-18)21-7-2-8-22-27-24(28-30(21)22)26-19-11-9-16(10-12-19)23(32)29-13-3-6-20(31)15-29/h1-2,4-5,7-12,14H,3,6,13,15H2,(H,26,28). The number of Topliss-reactive ketones (excluding diaryl/α,β-unsaturated/α-hetero) is 1. The van der Waals surface area contributed by atoms with Gasteiger partial charge in [-0.1, -0.05) is 29.8 Å². The second kappa shape index (κ2) is 8.43. The van der Waals surface area contributed by atoms with E-state index in [1.165, 1.54) is 0 Å². The van der Waals surface area contributed by atoms with Crippen molar-refractivity contribution in [2.45, 2.75) is 12.8 Å². The number of amides is 1. The molecule has 1 fully saturated rings. The Morgan fingerprint density at radius 2 is 1.84 bits per heavy atom. The summed E-state index contributed by atoms with van der Waals surface area (Å²) in [5, 5.41) is 8.43. The highest BCUT2D eigenvalue weighted by atomic mass is 35.5. The van der Waals surface area contributed by atoms with Crippen LogP contribution in [0.1, 0.15) is 23.2 Å². The van der Waals surface area contributed by atoms with E-state index in [9.17, 15) is 9.59 Å². The minimum absolute atomic E-state index is 0.109. The molecule has 1 amide bonds. The molecule has 1 aliphatic heterocycles. The maximum atomic E-state index is 12.6. The Labute approximate surface area is 189 Å². The van der Waals surface area contributed by atoms with E-state index in [2.05, 4.69) is 15.4 Å². The molecule has 1 N–H and O–H groups in total. The van der Waals surface area contributed by atoms with Crippen molar-refractivity contribution in [3.05, 3.63) is 77.3 Å². The molecule has 0 saturated carbocycles. The highest BCUT2D eigenvalue weighted by Crippen LogP contribution is 2.24. The van der Waals surface area contributed by atoms with Gasteiger partial charge in [0.25, 0.3) is 5.91 Å². The van der Waals surface area contributed by atoms with E-state index in [0.29, 0.717) is 35.1 Å². The van der Waals surface area contributed by atoms with Gasteiger partial charge >= 0.3 is 0 Å². The van der Waals surface area contributed by atoms with Crippen LogP contribution in [0.3, 0.4) is 0 Å². The number of benzene rings is 2. The molecule has 1 saturated heterocycles. The number of nitrogens with one attached hydrogen (secondary N) is 1. The Bertz CT molecular complexity index is 1320. The molecular formula is C24H20ClN5O2. The Morgan fingerprint density at radius 1 is 1.03 bits per heavy atom. The minimum Gasteiger partial charge on any atom is -0.331 e. The first-order valence-electron chi connectivity index (χ1n) is 10.4. The zero-order chi connectivity index (χ0) is 22.1. The van der Waals surface area contributed by atoms with Crippen LogP contribution in [0, 0.1) is 0 Å². The van der Waals surface area contributed by atoms with E-state index in [4.69, 9.17) is 11.6 Å². The number of pyridine rings is 1. The first-order chi connectivity index (χ1) is 15.6. The number of aromatic nitrogens is 3. The summed E-state index contributed by atoms with van der Waals surface area (Å²) in [6, 6.07) is 20.5. The van der Waals surface area contributed by atoms with E-state index >= 15 is 0 Å². The predicted molar refractivity (Wildman–Crippen MR) is 123 cm³/mol. The number of halogens is 1. The summed E-state index contributed by atoms with van der Waals surface area (Å²) in [6.45, 7) is 0.809. The number of ketones is 1. The Morgan fingerprint density at radius 3 is 2.62 bits per heavy atom. The molecule has 0 atom stereocenters. The fourth-order valence-electron chi connectivity index (χ4n) is 3.84. The number of fused-ring (bicyclic) bond motifs is 1. The lowest BCUT2D eigenvalue weighted by Crippen LogP contribution is -2.40. The number of anilines is 2. The van der Waals surface area contributed by atoms with Crippen molar-refractivity contribution >= 4 is 40.6 Å². The highest BCUT2D eigenvalue weighted by Gasteiger charge is 2.22. The maximum Gasteiger partial charge on any atom is 0.254 e. The molecule has 1 aliphatic rings. The molecule has 3 heterocycles. The zero-order valence-corrected chi connectivity index (χ0v) is 17.9. The first-order valence-corrected chi connectivity index (χ1v) is 10.7. The van der Waals surface area contributed by atoms with Crippen molar-refractivity contribution in [3.8, 4) is 11.3 Å². The number of hydrogen-bond acceptors (Lipinski definition) is 5. The molecule has 32 heavy (non-hydrogen) atoms. The lowest BCUT2D eigenvalue weighted by molar-refractivity contribution is -0.121. The van der Waals surface area contributed by atoms with E-state index in [-0.39, 0.29) is 18.2 Å². The minimum atomic E-state index is -0.124. The van der Waals surface area contributed by atoms with E-state index in [1.54, 1.807) is 21.5 Å². The lowest BCUT2D eigenvalue weighted by atomic mass is 10.1. The number of carbonyl (C=O) groups excluding carboxylic acids is 2. The average molecular weight is 446 g/mol. The normalized spacial score (nSPS) is 14.0. The van der Waals surface area contributed by atoms with Gasteiger partial charge < -0.3 is 10.2 Å². The number of nitrogens with zero attached hydrogens (tertiary/aromatic N) is 4. The monoisotopic (exact) mass is 445 g/mol. The van der Waals surface area contributed by atoms with Crippen LogP contribution in [-0.2, 0) is 4.79 Å². The van der Waals surface area contributed by atoms with Crippen LogP contribution in [-0.4, -0.2) is 44.3 Å². The fourth-order valence-corrected chi connectivity index (χ4v) is 4.03. The zero-order valence-electron chi connectivity index (χ0n) is 17.2. The summed E-state index contributed by atoms with van der Waals surface area (Å²) in [6.07, 6.45) is 1.28. The number of likely N-dealkylation sites (tertiary alicyclic amines) is 1. The van der Waals surface area contributed by atoms with Crippen LogP contribution in [0.25, 0.3) is 16.9 Å². The predicted octanol–water partition coefficient (Wildman–Crippen LogP) is 4.60. The molecule has 160 valence electrons. The summed E-state index contributed by atoms with van der Waals surface area (Å²) in [4.78, 5) is 30.4. The van der Waals surface area contributed by atoms with Crippen LogP contribution < -0.4 is 5.32 Å². The molecule has 0 spiro atoms. The summed E-state index contributed by atoms with van der Waals surface area (Å²) < 4.78 is 1.76. The summed E-state index contributed by atoms with van der Waals surface area (Å²) in [5.41, 5.74) is 3.83. The summed E-state index contributed by atoms with van der Waals surface area (Å²) in [7, 11) is 0. The summed E-state index contributed by atoms with van der Waals surface area (Å²) >= 11 is 6.15. The topological polar surface area (TPSA) is 79.6 Å². The van der Waals surface area contributed by atoms with Gasteiger partial charge in [0.1, 0.15) is 0 Å². The highest BCUT2D eigenvalue weighted by molar-refractivity contribution is 6.30. The van der Waals surface area contributed by atoms with Crippen molar-refractivity contribution in [3.63, 3.8) is 0 Å². The number of hydrogen-bond donors (Lipinski definition) is 1. The van der Waals surface area contributed by atoms with Crippen LogP contribution in [0.15, 0.2) is 66.7 Å².